The minimum absolute atomic E-state index is 0.00274. The van der Waals surface area contributed by atoms with E-state index in [1.165, 1.54) is 60.8 Å². The van der Waals surface area contributed by atoms with Crippen LogP contribution in [0.15, 0.2) is 80.9 Å². The molecule has 0 saturated carbocycles. The number of rotatable bonds is 33. The second-order valence-electron chi connectivity index (χ2n) is 16.8. The highest BCUT2D eigenvalue weighted by molar-refractivity contribution is 7.46. The van der Waals surface area contributed by atoms with Gasteiger partial charge in [0.05, 0.1) is 77.7 Å². The minimum Gasteiger partial charge on any atom is -0.756 e. The molecule has 3 aliphatic rings. The number of benzene rings is 3. The van der Waals surface area contributed by atoms with Crippen molar-refractivity contribution in [3.8, 4) is 28.2 Å². The Balaban J connectivity index is 0.752. The third-order valence-electron chi connectivity index (χ3n) is 11.2. The molecule has 76 heavy (non-hydrogen) atoms. The molecule has 0 bridgehead atoms. The molecule has 3 unspecified atom stereocenters. The highest BCUT2D eigenvalue weighted by Crippen LogP contribution is 2.44. The van der Waals surface area contributed by atoms with Gasteiger partial charge in [-0.15, -0.1) is 0 Å². The number of phenols is 1. The van der Waals surface area contributed by atoms with Crippen molar-refractivity contribution in [3.05, 3.63) is 98.7 Å². The number of nitrogens with two attached hydrogens (primary N) is 1. The SMILES string of the molecule is Nc1ccn([C@H]2C[C@@H](O)[C@@H](COP(=O)([O-])OCCCCOP(=O)([O-])OCCOCCOCCOP(=O)([O-])OCCCCCCNC(=O)c3ccc(C(=O)O)c(-c4c5ccc(=O)cc-5oc5cc(O)ccc45)c3)O2)c(=O)n1. The average molecular weight is 1130 g/mol. The molecule has 1 amide bonds. The van der Waals surface area contributed by atoms with Gasteiger partial charge in [-0.3, -0.25) is 27.9 Å². The number of anilines is 1. The van der Waals surface area contributed by atoms with Crippen LogP contribution in [0.25, 0.3) is 33.4 Å². The molecule has 0 radical (unpaired) electrons. The first-order valence-corrected chi connectivity index (χ1v) is 28.1. The Morgan fingerprint density at radius 3 is 1.99 bits per heavy atom. The first-order chi connectivity index (χ1) is 36.2. The summed E-state index contributed by atoms with van der Waals surface area (Å²) in [5, 5.41) is 33.7. The van der Waals surface area contributed by atoms with E-state index in [0.29, 0.717) is 42.2 Å². The Labute approximate surface area is 433 Å². The summed E-state index contributed by atoms with van der Waals surface area (Å²) in [5.74, 6) is -1.66. The zero-order valence-corrected chi connectivity index (χ0v) is 43.3. The lowest BCUT2D eigenvalue weighted by atomic mass is 9.89. The third kappa shape index (κ3) is 18.4. The van der Waals surface area contributed by atoms with Crippen molar-refractivity contribution in [2.24, 2.45) is 0 Å². The number of unbranched alkanes of at least 4 members (excludes halogenated alkanes) is 4. The van der Waals surface area contributed by atoms with Gasteiger partial charge in [0, 0.05) is 53.4 Å². The van der Waals surface area contributed by atoms with Crippen LogP contribution in [0, 0.1) is 0 Å². The van der Waals surface area contributed by atoms with Crippen LogP contribution < -0.4 is 36.8 Å². The number of carbonyl (C=O) groups excluding carboxylic acids is 1. The maximum Gasteiger partial charge on any atom is 0.351 e. The van der Waals surface area contributed by atoms with Gasteiger partial charge in [-0.05, 0) is 79.8 Å². The van der Waals surface area contributed by atoms with Crippen molar-refractivity contribution < 1.29 is 99.1 Å². The molecule has 1 saturated heterocycles. The number of carboxylic acid groups (broad SMARTS) is 1. The number of phenolic OH excluding ortho intramolecular Hbond substituents is 1. The quantitative estimate of drug-likeness (QED) is 0.0229. The van der Waals surface area contributed by atoms with E-state index in [1.54, 1.807) is 6.07 Å². The van der Waals surface area contributed by atoms with Crippen molar-refractivity contribution >= 4 is 52.1 Å². The van der Waals surface area contributed by atoms with Crippen LogP contribution in [0.1, 0.15) is 71.9 Å². The van der Waals surface area contributed by atoms with Gasteiger partial charge in [0.25, 0.3) is 29.4 Å². The normalized spacial score (nSPS) is 18.1. The molecule has 1 aliphatic carbocycles. The number of nitrogens with one attached hydrogen (secondary N) is 1. The van der Waals surface area contributed by atoms with Gasteiger partial charge in [0.15, 0.2) is 5.43 Å². The Hall–Kier alpha value is -5.28. The molecule has 27 nitrogen and oxygen atoms in total. The summed E-state index contributed by atoms with van der Waals surface area (Å²) in [6.07, 6.45) is 0.351. The number of nitrogen functional groups attached to an aromatic ring is 1. The third-order valence-corrected chi connectivity index (χ3v) is 14.2. The van der Waals surface area contributed by atoms with Crippen LogP contribution >= 0.6 is 23.5 Å². The number of aliphatic hydroxyl groups excluding tert-OH is 1. The molecule has 6 N–H and O–H groups in total. The number of ether oxygens (including phenoxy) is 3. The second-order valence-corrected chi connectivity index (χ2v) is 21.0. The first kappa shape index (κ1) is 60.0. The van der Waals surface area contributed by atoms with E-state index < -0.39 is 66.1 Å². The lowest BCUT2D eigenvalue weighted by molar-refractivity contribution is -0.230. The van der Waals surface area contributed by atoms with Gasteiger partial charge in [0.1, 0.15) is 35.2 Å². The van der Waals surface area contributed by atoms with Gasteiger partial charge in [-0.1, -0.05) is 12.8 Å². The summed E-state index contributed by atoms with van der Waals surface area (Å²) in [6.45, 7) is -2.16. The van der Waals surface area contributed by atoms with Crippen LogP contribution in [0.3, 0.4) is 0 Å². The van der Waals surface area contributed by atoms with E-state index >= 15 is 0 Å². The minimum atomic E-state index is -4.83. The van der Waals surface area contributed by atoms with Crippen LogP contribution in [-0.2, 0) is 55.0 Å². The van der Waals surface area contributed by atoms with Crippen LogP contribution in [-0.4, -0.2) is 122 Å². The lowest BCUT2D eigenvalue weighted by Gasteiger charge is -2.25. The molecule has 0 spiro atoms. The number of aromatic nitrogens is 2. The number of nitrogens with zero attached hydrogens (tertiary/aromatic N) is 2. The molecular weight excluding hydrogens is 1070 g/mol. The molecule has 3 heterocycles. The Morgan fingerprint density at radius 2 is 1.34 bits per heavy atom. The zero-order valence-electron chi connectivity index (χ0n) is 40.6. The number of carboxylic acids is 1. The molecule has 416 valence electrons. The molecule has 1 aromatic heterocycles. The first-order valence-electron chi connectivity index (χ1n) is 23.7. The molecule has 6 rings (SSSR count). The number of hydrogen-bond acceptors (Lipinski definition) is 24. The predicted molar refractivity (Wildman–Crippen MR) is 261 cm³/mol. The smallest absolute Gasteiger partial charge is 0.351 e. The van der Waals surface area contributed by atoms with Gasteiger partial charge in [-0.2, -0.15) is 4.98 Å². The van der Waals surface area contributed by atoms with E-state index in [0.717, 1.165) is 4.57 Å². The monoisotopic (exact) mass is 1130 g/mol. The van der Waals surface area contributed by atoms with E-state index in [4.69, 9.17) is 51.5 Å². The fourth-order valence-electron chi connectivity index (χ4n) is 7.54. The molecule has 1 fully saturated rings. The summed E-state index contributed by atoms with van der Waals surface area (Å²) in [6, 6.07) is 13.9. The zero-order chi connectivity index (χ0) is 54.9. The largest absolute Gasteiger partial charge is 0.756 e. The van der Waals surface area contributed by atoms with Gasteiger partial charge in [-0.25, -0.2) is 9.59 Å². The molecular formula is C46H56N4O23P3-3. The van der Waals surface area contributed by atoms with E-state index in [-0.39, 0.29) is 130 Å². The van der Waals surface area contributed by atoms with Crippen LogP contribution in [0.4, 0.5) is 5.82 Å². The van der Waals surface area contributed by atoms with E-state index in [2.05, 4.69) is 10.3 Å². The fraction of sp³-hybridized carbons (Fsp3) is 0.457. The highest BCUT2D eigenvalue weighted by atomic mass is 31.2. The van der Waals surface area contributed by atoms with Crippen molar-refractivity contribution in [2.75, 3.05) is 78.3 Å². The number of phosphoric ester groups is 3. The number of phosphoric acid groups is 3. The number of hydrogen-bond donors (Lipinski definition) is 5. The maximum atomic E-state index is 13.2. The van der Waals surface area contributed by atoms with Gasteiger partial charge in [0.2, 0.25) is 0 Å². The van der Waals surface area contributed by atoms with E-state index in [1.807, 2.05) is 0 Å². The maximum absolute atomic E-state index is 13.2. The van der Waals surface area contributed by atoms with Crippen LogP contribution in [0.5, 0.6) is 5.75 Å². The molecule has 3 aromatic rings. The number of aromatic hydroxyl groups is 1. The van der Waals surface area contributed by atoms with Crippen molar-refractivity contribution in [1.29, 1.82) is 0 Å². The summed E-state index contributed by atoms with van der Waals surface area (Å²) in [5.41, 5.74) is 5.72. The highest BCUT2D eigenvalue weighted by Gasteiger charge is 2.36. The summed E-state index contributed by atoms with van der Waals surface area (Å²) in [4.78, 5) is 89.6. The predicted octanol–water partition coefficient (Wildman–Crippen LogP) is 3.06. The Bertz CT molecular complexity index is 2990. The van der Waals surface area contributed by atoms with Crippen LogP contribution in [0.2, 0.25) is 0 Å². The topological polar surface area (TPSA) is 401 Å². The number of carbonyl (C=O) groups is 2. The molecule has 6 atom stereocenters. The summed E-state index contributed by atoms with van der Waals surface area (Å²) >= 11 is 0. The standard InChI is InChI=1S/C46H59N4O23P3/c47-41-13-15-50(46(57)49-41)42-28-37(53)40(73-42)29-71-76(62,63)68-18-6-5-17-67-75(60,61)70-24-22-65-20-19-64-21-23-69-74(58,59)66-16-4-2-1-3-14-48-44(54)30-7-10-33(45(55)56)36(25-30)43-34-11-8-31(51)26-38(34)72-39-27-32(52)9-12-35(39)43/h7-13,15,25-27,37,40,42,51,53H,1-6,14,16-24,28-29H2,(H,48,54)(H,55,56)(H,58,59)(H,60,61)(H,62,63)(H2,47,49,57)/p-3/t37-,40-,42-/m1/s1. The van der Waals surface area contributed by atoms with Crippen molar-refractivity contribution in [3.63, 3.8) is 0 Å². The average Bonchev–Trinajstić information content (AvgIpc) is 3.77. The van der Waals surface area contributed by atoms with Crippen molar-refractivity contribution in [1.82, 2.24) is 14.9 Å². The van der Waals surface area contributed by atoms with E-state index in [9.17, 15) is 62.9 Å². The molecule has 2 aromatic carbocycles. The number of aromatic carboxylic acids is 1. The Morgan fingerprint density at radius 1 is 0.737 bits per heavy atom. The summed E-state index contributed by atoms with van der Waals surface area (Å²) in [7, 11) is -14.2. The number of fused-ring (bicyclic) bond motifs is 2. The number of aliphatic hydroxyl groups is 1. The lowest BCUT2D eigenvalue weighted by Crippen LogP contribution is -2.29. The Kier molecular flexibility index (Phi) is 22.4. The van der Waals surface area contributed by atoms with Gasteiger partial charge < -0.3 is 86.8 Å². The second kappa shape index (κ2) is 28.4. The van der Waals surface area contributed by atoms with Crippen molar-refractivity contribution in [2.45, 2.75) is 63.4 Å². The molecule has 2 aliphatic heterocycles. The van der Waals surface area contributed by atoms with Gasteiger partial charge >= 0.3 is 11.7 Å². The number of amides is 1. The summed E-state index contributed by atoms with van der Waals surface area (Å²) < 4.78 is 88.0. The fourth-order valence-corrected chi connectivity index (χ4v) is 9.75. The molecule has 30 heteroatoms.